The van der Waals surface area contributed by atoms with Crippen molar-refractivity contribution < 1.29 is 14.5 Å². The summed E-state index contributed by atoms with van der Waals surface area (Å²) in [4.78, 5) is 38.3. The van der Waals surface area contributed by atoms with E-state index in [4.69, 9.17) is 0 Å². The van der Waals surface area contributed by atoms with Crippen LogP contribution in [0.15, 0.2) is 46.8 Å². The van der Waals surface area contributed by atoms with Gasteiger partial charge in [-0.15, -0.1) is 11.3 Å². The van der Waals surface area contributed by atoms with E-state index in [1.54, 1.807) is 37.4 Å². The molecule has 0 saturated carbocycles. The van der Waals surface area contributed by atoms with E-state index in [1.807, 2.05) is 0 Å². The number of thioether (sulfide) groups is 1. The molecule has 2 N–H and O–H groups in total. The molecule has 27 heavy (non-hydrogen) atoms. The quantitative estimate of drug-likeness (QED) is 0.371. The van der Waals surface area contributed by atoms with E-state index in [-0.39, 0.29) is 23.3 Å². The molecule has 0 aliphatic carbocycles. The number of nitrogens with zero attached hydrogens (tertiary/aromatic N) is 2. The second-order valence-electron chi connectivity index (χ2n) is 5.38. The van der Waals surface area contributed by atoms with E-state index in [0.29, 0.717) is 25.8 Å². The Kier molecular flexibility index (Phi) is 5.67. The van der Waals surface area contributed by atoms with E-state index in [2.05, 4.69) is 15.6 Å². The third-order valence-electron chi connectivity index (χ3n) is 3.55. The summed E-state index contributed by atoms with van der Waals surface area (Å²) in [5, 5.41) is 16.1. The number of non-ortho nitro benzene ring substituents is 1. The molecule has 0 atom stereocenters. The van der Waals surface area contributed by atoms with E-state index < -0.39 is 4.92 Å². The van der Waals surface area contributed by atoms with Gasteiger partial charge in [-0.3, -0.25) is 19.7 Å². The molecule has 3 aromatic rings. The van der Waals surface area contributed by atoms with Gasteiger partial charge in [0, 0.05) is 30.4 Å². The SMILES string of the molecule is CNC(=O)c1ccc(NC(=O)CSc2nc3ccc([N+](=O)[O-])cc3s2)cc1. The van der Waals surface area contributed by atoms with Gasteiger partial charge < -0.3 is 10.6 Å². The summed E-state index contributed by atoms with van der Waals surface area (Å²) in [5.74, 6) is -0.253. The highest BCUT2D eigenvalue weighted by Crippen LogP contribution is 2.31. The van der Waals surface area contributed by atoms with Gasteiger partial charge >= 0.3 is 0 Å². The lowest BCUT2D eigenvalue weighted by atomic mass is 10.2. The van der Waals surface area contributed by atoms with Crippen molar-refractivity contribution >= 4 is 56.5 Å². The number of nitro benzene ring substituents is 1. The fraction of sp³-hybridized carbons (Fsp3) is 0.118. The molecule has 0 aliphatic heterocycles. The highest BCUT2D eigenvalue weighted by Gasteiger charge is 2.12. The van der Waals surface area contributed by atoms with Crippen LogP contribution in [0.1, 0.15) is 10.4 Å². The molecule has 0 spiro atoms. The number of fused-ring (bicyclic) bond motifs is 1. The molecule has 1 heterocycles. The van der Waals surface area contributed by atoms with Crippen molar-refractivity contribution in [3.8, 4) is 0 Å². The smallest absolute Gasteiger partial charge is 0.270 e. The number of thiazole rings is 1. The number of benzene rings is 2. The van der Waals surface area contributed by atoms with Gasteiger partial charge in [-0.1, -0.05) is 11.8 Å². The van der Waals surface area contributed by atoms with Crippen LogP contribution in [0.5, 0.6) is 0 Å². The molecule has 0 radical (unpaired) electrons. The molecule has 0 unspecified atom stereocenters. The van der Waals surface area contributed by atoms with Gasteiger partial charge in [0.15, 0.2) is 4.34 Å². The number of hydrogen-bond donors (Lipinski definition) is 2. The molecular formula is C17H14N4O4S2. The van der Waals surface area contributed by atoms with Gasteiger partial charge in [-0.2, -0.15) is 0 Å². The van der Waals surface area contributed by atoms with Crippen LogP contribution in [0.25, 0.3) is 10.2 Å². The Morgan fingerprint density at radius 3 is 2.63 bits per heavy atom. The second kappa shape index (κ2) is 8.14. The summed E-state index contributed by atoms with van der Waals surface area (Å²) in [5.41, 5.74) is 1.78. The van der Waals surface area contributed by atoms with Crippen molar-refractivity contribution in [3.63, 3.8) is 0 Å². The van der Waals surface area contributed by atoms with E-state index in [0.717, 1.165) is 0 Å². The molecular weight excluding hydrogens is 388 g/mol. The standard InChI is InChI=1S/C17H14N4O4S2/c1-18-16(23)10-2-4-11(5-3-10)19-15(22)9-26-17-20-13-7-6-12(21(24)25)8-14(13)27-17/h2-8H,9H2,1H3,(H,18,23)(H,19,22). The van der Waals surface area contributed by atoms with Crippen LogP contribution in [0, 0.1) is 10.1 Å². The lowest BCUT2D eigenvalue weighted by Gasteiger charge is -2.05. The van der Waals surface area contributed by atoms with Gasteiger partial charge in [0.05, 0.1) is 20.9 Å². The number of carbonyl (C=O) groups is 2. The highest BCUT2D eigenvalue weighted by atomic mass is 32.2. The number of nitro groups is 1. The fourth-order valence-corrected chi connectivity index (χ4v) is 4.14. The van der Waals surface area contributed by atoms with Crippen molar-refractivity contribution in [2.24, 2.45) is 0 Å². The zero-order chi connectivity index (χ0) is 19.4. The first-order valence-corrected chi connectivity index (χ1v) is 9.56. The molecule has 0 bridgehead atoms. The summed E-state index contributed by atoms with van der Waals surface area (Å²) in [6, 6.07) is 11.1. The summed E-state index contributed by atoms with van der Waals surface area (Å²) in [6.07, 6.45) is 0. The van der Waals surface area contributed by atoms with Gasteiger partial charge in [0.1, 0.15) is 0 Å². The van der Waals surface area contributed by atoms with E-state index >= 15 is 0 Å². The predicted octanol–water partition coefficient (Wildman–Crippen LogP) is 3.29. The number of aromatic nitrogens is 1. The Labute approximate surface area is 162 Å². The number of anilines is 1. The Morgan fingerprint density at radius 1 is 1.22 bits per heavy atom. The summed E-state index contributed by atoms with van der Waals surface area (Å²) in [7, 11) is 1.55. The number of nitrogens with one attached hydrogen (secondary N) is 2. The summed E-state index contributed by atoms with van der Waals surface area (Å²) >= 11 is 2.57. The number of hydrogen-bond acceptors (Lipinski definition) is 7. The Hall–Kier alpha value is -2.98. The second-order valence-corrected chi connectivity index (χ2v) is 7.64. The lowest BCUT2D eigenvalue weighted by Crippen LogP contribution is -2.18. The number of rotatable bonds is 6. The molecule has 138 valence electrons. The summed E-state index contributed by atoms with van der Waals surface area (Å²) < 4.78 is 1.37. The lowest BCUT2D eigenvalue weighted by molar-refractivity contribution is -0.384. The number of carbonyl (C=O) groups excluding carboxylic acids is 2. The maximum atomic E-state index is 12.1. The molecule has 2 amide bonds. The average molecular weight is 402 g/mol. The van der Waals surface area contributed by atoms with Crippen LogP contribution in [-0.4, -0.2) is 34.5 Å². The zero-order valence-corrected chi connectivity index (χ0v) is 15.7. The normalized spacial score (nSPS) is 10.6. The van der Waals surface area contributed by atoms with Crippen molar-refractivity contribution in [1.82, 2.24) is 10.3 Å². The minimum Gasteiger partial charge on any atom is -0.355 e. The maximum absolute atomic E-state index is 12.1. The van der Waals surface area contributed by atoms with Gasteiger partial charge in [-0.25, -0.2) is 4.98 Å². The first-order valence-electron chi connectivity index (χ1n) is 7.76. The van der Waals surface area contributed by atoms with Gasteiger partial charge in [0.2, 0.25) is 5.91 Å². The highest BCUT2D eigenvalue weighted by molar-refractivity contribution is 8.01. The predicted molar refractivity (Wildman–Crippen MR) is 105 cm³/mol. The van der Waals surface area contributed by atoms with Crippen molar-refractivity contribution in [1.29, 1.82) is 0 Å². The molecule has 0 aliphatic rings. The minimum atomic E-state index is -0.450. The van der Waals surface area contributed by atoms with Crippen molar-refractivity contribution in [3.05, 3.63) is 58.1 Å². The van der Waals surface area contributed by atoms with Crippen LogP contribution < -0.4 is 10.6 Å². The largest absolute Gasteiger partial charge is 0.355 e. The monoisotopic (exact) mass is 402 g/mol. The number of amides is 2. The van der Waals surface area contributed by atoms with Crippen LogP contribution in [-0.2, 0) is 4.79 Å². The van der Waals surface area contributed by atoms with Crippen LogP contribution in [0.2, 0.25) is 0 Å². The fourth-order valence-electron chi connectivity index (χ4n) is 2.24. The molecule has 8 nitrogen and oxygen atoms in total. The van der Waals surface area contributed by atoms with Gasteiger partial charge in [-0.05, 0) is 30.3 Å². The molecule has 3 rings (SSSR count). The van der Waals surface area contributed by atoms with E-state index in [9.17, 15) is 19.7 Å². The molecule has 0 fully saturated rings. The Bertz CT molecular complexity index is 1020. The Morgan fingerprint density at radius 2 is 1.96 bits per heavy atom. The van der Waals surface area contributed by atoms with Crippen molar-refractivity contribution in [2.45, 2.75) is 4.34 Å². The van der Waals surface area contributed by atoms with Crippen molar-refractivity contribution in [2.75, 3.05) is 18.1 Å². The van der Waals surface area contributed by atoms with E-state index in [1.165, 1.54) is 35.2 Å². The summed E-state index contributed by atoms with van der Waals surface area (Å²) in [6.45, 7) is 0. The maximum Gasteiger partial charge on any atom is 0.270 e. The van der Waals surface area contributed by atoms with Crippen LogP contribution >= 0.6 is 23.1 Å². The molecule has 10 heteroatoms. The minimum absolute atomic E-state index is 0.0145. The molecule has 0 saturated heterocycles. The molecule has 1 aromatic heterocycles. The van der Waals surface area contributed by atoms with Crippen LogP contribution in [0.4, 0.5) is 11.4 Å². The third kappa shape index (κ3) is 4.60. The zero-order valence-electron chi connectivity index (χ0n) is 14.1. The Balaban J connectivity index is 1.59. The molecule has 2 aromatic carbocycles. The van der Waals surface area contributed by atoms with Crippen LogP contribution in [0.3, 0.4) is 0 Å². The topological polar surface area (TPSA) is 114 Å². The first kappa shape index (κ1) is 18.8. The first-order chi connectivity index (χ1) is 13.0. The van der Waals surface area contributed by atoms with Gasteiger partial charge in [0.25, 0.3) is 11.6 Å². The third-order valence-corrected chi connectivity index (χ3v) is 5.71. The average Bonchev–Trinajstić information content (AvgIpc) is 3.08.